The van der Waals surface area contributed by atoms with E-state index in [0.29, 0.717) is 0 Å². The molecule has 0 aliphatic heterocycles. The van der Waals surface area contributed by atoms with Crippen LogP contribution in [0.25, 0.3) is 6.08 Å². The molecule has 0 aromatic carbocycles. The summed E-state index contributed by atoms with van der Waals surface area (Å²) < 4.78 is 0. The SMILES string of the molecule is CC=Nc1cccnc1/C=C\C. The van der Waals surface area contributed by atoms with E-state index in [1.807, 2.05) is 38.1 Å². The first-order valence-corrected chi connectivity index (χ1v) is 3.95. The molecule has 1 heterocycles. The average molecular weight is 160 g/mol. The lowest BCUT2D eigenvalue weighted by Crippen LogP contribution is -1.79. The number of aliphatic imine (C=N–C) groups is 1. The summed E-state index contributed by atoms with van der Waals surface area (Å²) in [5.41, 5.74) is 1.83. The van der Waals surface area contributed by atoms with Crippen LogP contribution in [0, 0.1) is 0 Å². The van der Waals surface area contributed by atoms with Crippen molar-refractivity contribution in [1.29, 1.82) is 0 Å². The normalized spacial score (nSPS) is 11.5. The maximum Gasteiger partial charge on any atom is 0.0882 e. The van der Waals surface area contributed by atoms with Crippen molar-refractivity contribution in [1.82, 2.24) is 4.98 Å². The largest absolute Gasteiger partial charge is 0.259 e. The molecule has 2 heteroatoms. The van der Waals surface area contributed by atoms with Gasteiger partial charge in [0.25, 0.3) is 0 Å². The summed E-state index contributed by atoms with van der Waals surface area (Å²) in [7, 11) is 0. The summed E-state index contributed by atoms with van der Waals surface area (Å²) >= 11 is 0. The summed E-state index contributed by atoms with van der Waals surface area (Å²) in [5.74, 6) is 0. The average Bonchev–Trinajstić information content (AvgIpc) is 2.09. The topological polar surface area (TPSA) is 25.2 Å². The van der Waals surface area contributed by atoms with Crippen molar-refractivity contribution in [2.24, 2.45) is 4.99 Å². The highest BCUT2D eigenvalue weighted by atomic mass is 14.8. The van der Waals surface area contributed by atoms with Gasteiger partial charge in [-0.25, -0.2) is 0 Å². The second kappa shape index (κ2) is 4.44. The maximum atomic E-state index is 4.19. The number of hydrogen-bond acceptors (Lipinski definition) is 2. The third kappa shape index (κ3) is 2.02. The highest BCUT2D eigenvalue weighted by Gasteiger charge is 1.94. The van der Waals surface area contributed by atoms with Crippen molar-refractivity contribution in [3.05, 3.63) is 30.1 Å². The van der Waals surface area contributed by atoms with Crippen molar-refractivity contribution in [2.75, 3.05) is 0 Å². The third-order valence-corrected chi connectivity index (χ3v) is 1.41. The Morgan fingerprint density at radius 3 is 2.92 bits per heavy atom. The molecule has 1 aromatic rings. The van der Waals surface area contributed by atoms with E-state index >= 15 is 0 Å². The monoisotopic (exact) mass is 160 g/mol. The van der Waals surface area contributed by atoms with E-state index in [1.165, 1.54) is 0 Å². The fourth-order valence-corrected chi connectivity index (χ4v) is 0.944. The molecule has 0 saturated heterocycles. The molecule has 2 nitrogen and oxygen atoms in total. The molecule has 0 unspecified atom stereocenters. The molecule has 0 bridgehead atoms. The Hall–Kier alpha value is -1.44. The zero-order chi connectivity index (χ0) is 8.81. The summed E-state index contributed by atoms with van der Waals surface area (Å²) in [4.78, 5) is 8.37. The molecule has 0 aliphatic rings. The van der Waals surface area contributed by atoms with Crippen LogP contribution in [0.1, 0.15) is 19.5 Å². The molecular weight excluding hydrogens is 148 g/mol. The van der Waals surface area contributed by atoms with Gasteiger partial charge >= 0.3 is 0 Å². The quantitative estimate of drug-likeness (QED) is 0.611. The molecule has 0 atom stereocenters. The summed E-state index contributed by atoms with van der Waals surface area (Å²) in [6, 6.07) is 3.83. The molecule has 0 fully saturated rings. The fourth-order valence-electron chi connectivity index (χ4n) is 0.944. The smallest absolute Gasteiger partial charge is 0.0882 e. The third-order valence-electron chi connectivity index (χ3n) is 1.41. The Labute approximate surface area is 72.7 Å². The lowest BCUT2D eigenvalue weighted by atomic mass is 10.3. The van der Waals surface area contributed by atoms with Crippen molar-refractivity contribution < 1.29 is 0 Å². The molecule has 0 radical (unpaired) electrons. The first-order valence-electron chi connectivity index (χ1n) is 3.95. The molecule has 12 heavy (non-hydrogen) atoms. The van der Waals surface area contributed by atoms with Crippen LogP contribution < -0.4 is 0 Å². The predicted octanol–water partition coefficient (Wildman–Crippen LogP) is 2.84. The van der Waals surface area contributed by atoms with Crippen LogP contribution in [0.3, 0.4) is 0 Å². The van der Waals surface area contributed by atoms with E-state index in [-0.39, 0.29) is 0 Å². The summed E-state index contributed by atoms with van der Waals surface area (Å²) in [5, 5.41) is 0. The highest BCUT2D eigenvalue weighted by Crippen LogP contribution is 2.16. The minimum atomic E-state index is 0.915. The lowest BCUT2D eigenvalue weighted by Gasteiger charge is -1.96. The zero-order valence-corrected chi connectivity index (χ0v) is 7.36. The standard InChI is InChI=1S/C10H12N2/c1-3-6-9-10(11-4-2)7-5-8-12-9/h3-8H,1-2H3/b6-3-,11-4?. The first kappa shape index (κ1) is 8.65. The zero-order valence-electron chi connectivity index (χ0n) is 7.36. The van der Waals surface area contributed by atoms with Crippen molar-refractivity contribution >= 4 is 18.0 Å². The molecule has 0 N–H and O–H groups in total. The van der Waals surface area contributed by atoms with E-state index < -0.39 is 0 Å². The Bertz CT molecular complexity index is 269. The Morgan fingerprint density at radius 2 is 2.25 bits per heavy atom. The van der Waals surface area contributed by atoms with E-state index in [2.05, 4.69) is 9.98 Å². The Balaban J connectivity index is 3.08. The minimum Gasteiger partial charge on any atom is -0.259 e. The molecule has 0 amide bonds. The van der Waals surface area contributed by atoms with E-state index in [4.69, 9.17) is 0 Å². The minimum absolute atomic E-state index is 0.915. The number of hydrogen-bond donors (Lipinski definition) is 0. The number of rotatable bonds is 2. The van der Waals surface area contributed by atoms with Crippen molar-refractivity contribution in [2.45, 2.75) is 13.8 Å². The molecule has 0 saturated carbocycles. The van der Waals surface area contributed by atoms with Crippen LogP contribution >= 0.6 is 0 Å². The van der Waals surface area contributed by atoms with Gasteiger partial charge in [0.2, 0.25) is 0 Å². The van der Waals surface area contributed by atoms with Crippen LogP contribution in [0.4, 0.5) is 5.69 Å². The van der Waals surface area contributed by atoms with Gasteiger partial charge in [-0.1, -0.05) is 6.08 Å². The first-order chi connectivity index (χ1) is 5.88. The van der Waals surface area contributed by atoms with Crippen LogP contribution in [-0.4, -0.2) is 11.2 Å². The van der Waals surface area contributed by atoms with Gasteiger partial charge in [-0.05, 0) is 32.1 Å². The van der Waals surface area contributed by atoms with Crippen molar-refractivity contribution in [3.63, 3.8) is 0 Å². The predicted molar refractivity (Wildman–Crippen MR) is 52.8 cm³/mol. The second-order valence-electron chi connectivity index (χ2n) is 2.30. The van der Waals surface area contributed by atoms with Crippen LogP contribution in [0.2, 0.25) is 0 Å². The van der Waals surface area contributed by atoms with E-state index in [1.54, 1.807) is 12.4 Å². The maximum absolute atomic E-state index is 4.19. The number of aromatic nitrogens is 1. The van der Waals surface area contributed by atoms with Gasteiger partial charge in [0, 0.05) is 12.4 Å². The summed E-state index contributed by atoms with van der Waals surface area (Å²) in [6.07, 6.45) is 7.44. The molecule has 0 aliphatic carbocycles. The van der Waals surface area contributed by atoms with Gasteiger partial charge in [0.05, 0.1) is 11.4 Å². The summed E-state index contributed by atoms with van der Waals surface area (Å²) in [6.45, 7) is 3.86. The van der Waals surface area contributed by atoms with Crippen LogP contribution in [0.15, 0.2) is 29.4 Å². The molecule has 0 spiro atoms. The molecule has 62 valence electrons. The van der Waals surface area contributed by atoms with Gasteiger partial charge in [-0.15, -0.1) is 0 Å². The Kier molecular flexibility index (Phi) is 3.20. The van der Waals surface area contributed by atoms with Gasteiger partial charge in [-0.3, -0.25) is 9.98 Å². The van der Waals surface area contributed by atoms with E-state index in [0.717, 1.165) is 11.4 Å². The lowest BCUT2D eigenvalue weighted by molar-refractivity contribution is 1.27. The highest BCUT2D eigenvalue weighted by molar-refractivity contribution is 5.66. The van der Waals surface area contributed by atoms with Gasteiger partial charge in [0.1, 0.15) is 0 Å². The Morgan fingerprint density at radius 1 is 1.42 bits per heavy atom. The van der Waals surface area contributed by atoms with Gasteiger partial charge in [-0.2, -0.15) is 0 Å². The number of allylic oxidation sites excluding steroid dienone is 1. The molecular formula is C10H12N2. The molecule has 1 rings (SSSR count). The van der Waals surface area contributed by atoms with Crippen molar-refractivity contribution in [3.8, 4) is 0 Å². The van der Waals surface area contributed by atoms with Crippen LogP contribution in [0.5, 0.6) is 0 Å². The fraction of sp³-hybridized carbons (Fsp3) is 0.200. The number of nitrogens with zero attached hydrogens (tertiary/aromatic N) is 2. The number of pyridine rings is 1. The second-order valence-corrected chi connectivity index (χ2v) is 2.30. The molecule has 1 aromatic heterocycles. The van der Waals surface area contributed by atoms with Crippen LogP contribution in [-0.2, 0) is 0 Å². The van der Waals surface area contributed by atoms with Gasteiger partial charge in [0.15, 0.2) is 0 Å². The van der Waals surface area contributed by atoms with Gasteiger partial charge < -0.3 is 0 Å². The van der Waals surface area contributed by atoms with E-state index in [9.17, 15) is 0 Å².